The van der Waals surface area contributed by atoms with E-state index in [0.717, 1.165) is 23.5 Å². The molecule has 106 valence electrons. The van der Waals surface area contributed by atoms with E-state index in [1.807, 2.05) is 12.3 Å². The molecular weight excluding hydrogens is 246 g/mol. The quantitative estimate of drug-likeness (QED) is 0.909. The maximum atomic E-state index is 5.95. The fourth-order valence-electron chi connectivity index (χ4n) is 3.40. The number of benzene rings is 1. The van der Waals surface area contributed by atoms with Gasteiger partial charge in [-0.15, -0.1) is 0 Å². The number of piperidine rings is 1. The third-order valence-electron chi connectivity index (χ3n) is 4.47. The minimum atomic E-state index is 0.548. The van der Waals surface area contributed by atoms with Crippen molar-refractivity contribution in [2.45, 2.75) is 39.3 Å². The van der Waals surface area contributed by atoms with E-state index in [1.165, 1.54) is 23.9 Å². The Bertz CT molecular complexity index is 608. The number of nitrogens with two attached hydrogens (primary N) is 1. The van der Waals surface area contributed by atoms with Crippen molar-refractivity contribution < 1.29 is 0 Å². The topological polar surface area (TPSA) is 42.1 Å². The van der Waals surface area contributed by atoms with Gasteiger partial charge >= 0.3 is 0 Å². The Morgan fingerprint density at radius 3 is 2.85 bits per heavy atom. The van der Waals surface area contributed by atoms with Crippen LogP contribution in [0.2, 0.25) is 0 Å². The summed E-state index contributed by atoms with van der Waals surface area (Å²) in [7, 11) is 0. The second-order valence-corrected chi connectivity index (χ2v) is 6.03. The molecule has 0 aliphatic carbocycles. The molecule has 2 unspecified atom stereocenters. The molecule has 1 saturated heterocycles. The predicted octanol–water partition coefficient (Wildman–Crippen LogP) is 3.32. The van der Waals surface area contributed by atoms with Crippen molar-refractivity contribution in [2.24, 2.45) is 11.7 Å². The predicted molar refractivity (Wildman–Crippen MR) is 84.8 cm³/mol. The van der Waals surface area contributed by atoms with Crippen LogP contribution < -0.4 is 10.6 Å². The molecule has 0 spiro atoms. The van der Waals surface area contributed by atoms with Crippen LogP contribution in [0.3, 0.4) is 0 Å². The first-order chi connectivity index (χ1) is 9.70. The molecule has 3 rings (SSSR count). The summed E-state index contributed by atoms with van der Waals surface area (Å²) in [5, 5.41) is 1.23. The summed E-state index contributed by atoms with van der Waals surface area (Å²) in [6, 6.07) is 8.95. The molecule has 1 aromatic carbocycles. The van der Waals surface area contributed by atoms with E-state index in [1.54, 1.807) is 0 Å². The Labute approximate surface area is 120 Å². The smallest absolute Gasteiger partial charge is 0.0723 e. The van der Waals surface area contributed by atoms with Crippen LogP contribution in [0.25, 0.3) is 10.9 Å². The van der Waals surface area contributed by atoms with E-state index in [9.17, 15) is 0 Å². The summed E-state index contributed by atoms with van der Waals surface area (Å²) >= 11 is 0. The van der Waals surface area contributed by atoms with Gasteiger partial charge in [-0.2, -0.15) is 0 Å². The van der Waals surface area contributed by atoms with Gasteiger partial charge in [-0.05, 0) is 31.7 Å². The summed E-state index contributed by atoms with van der Waals surface area (Å²) < 4.78 is 0. The van der Waals surface area contributed by atoms with Gasteiger partial charge in [0.15, 0.2) is 0 Å². The zero-order valence-electron chi connectivity index (χ0n) is 12.3. The number of hydrogen-bond donors (Lipinski definition) is 1. The molecule has 20 heavy (non-hydrogen) atoms. The van der Waals surface area contributed by atoms with Gasteiger partial charge in [0.25, 0.3) is 0 Å². The summed E-state index contributed by atoms with van der Waals surface area (Å²) in [5.41, 5.74) is 9.48. The Morgan fingerprint density at radius 1 is 1.30 bits per heavy atom. The van der Waals surface area contributed by atoms with E-state index in [4.69, 9.17) is 5.73 Å². The Hall–Kier alpha value is -1.61. The average Bonchev–Trinajstić information content (AvgIpc) is 2.46. The molecule has 0 bridgehead atoms. The van der Waals surface area contributed by atoms with Gasteiger partial charge in [0.05, 0.1) is 11.2 Å². The van der Waals surface area contributed by atoms with Crippen molar-refractivity contribution in [2.75, 3.05) is 11.4 Å². The van der Waals surface area contributed by atoms with Crippen molar-refractivity contribution >= 4 is 16.6 Å². The van der Waals surface area contributed by atoms with E-state index in [2.05, 4.69) is 41.9 Å². The first kappa shape index (κ1) is 13.4. The molecule has 1 aliphatic rings. The van der Waals surface area contributed by atoms with Crippen molar-refractivity contribution in [3.63, 3.8) is 0 Å². The SMILES string of the molecule is CC1CCN(c2c(CN)cnc3ccccc23)C(C)C1. The summed E-state index contributed by atoms with van der Waals surface area (Å²) in [6.07, 6.45) is 4.45. The first-order valence-corrected chi connectivity index (χ1v) is 7.54. The van der Waals surface area contributed by atoms with Crippen molar-refractivity contribution in [1.82, 2.24) is 4.98 Å². The van der Waals surface area contributed by atoms with Crippen LogP contribution in [-0.4, -0.2) is 17.6 Å². The fraction of sp³-hybridized carbons (Fsp3) is 0.471. The first-order valence-electron chi connectivity index (χ1n) is 7.54. The second kappa shape index (κ2) is 5.41. The van der Waals surface area contributed by atoms with Gasteiger partial charge in [0.1, 0.15) is 0 Å². The summed E-state index contributed by atoms with van der Waals surface area (Å²) in [4.78, 5) is 7.07. The van der Waals surface area contributed by atoms with Gasteiger partial charge < -0.3 is 10.6 Å². The van der Waals surface area contributed by atoms with Gasteiger partial charge in [-0.1, -0.05) is 25.1 Å². The van der Waals surface area contributed by atoms with Crippen LogP contribution in [0, 0.1) is 5.92 Å². The average molecular weight is 269 g/mol. The summed E-state index contributed by atoms with van der Waals surface area (Å²) in [5.74, 6) is 0.815. The van der Waals surface area contributed by atoms with Crippen LogP contribution in [0.5, 0.6) is 0 Å². The lowest BCUT2D eigenvalue weighted by atomic mass is 9.92. The molecule has 2 atom stereocenters. The van der Waals surface area contributed by atoms with Gasteiger partial charge in [0, 0.05) is 36.3 Å². The van der Waals surface area contributed by atoms with E-state index >= 15 is 0 Å². The van der Waals surface area contributed by atoms with Crippen LogP contribution in [0.4, 0.5) is 5.69 Å². The molecule has 0 saturated carbocycles. The highest BCUT2D eigenvalue weighted by Gasteiger charge is 2.25. The lowest BCUT2D eigenvalue weighted by Gasteiger charge is -2.39. The van der Waals surface area contributed by atoms with Crippen LogP contribution in [0.15, 0.2) is 30.5 Å². The lowest BCUT2D eigenvalue weighted by Crippen LogP contribution is -2.41. The normalized spacial score (nSPS) is 23.2. The Morgan fingerprint density at radius 2 is 2.10 bits per heavy atom. The minimum Gasteiger partial charge on any atom is -0.368 e. The number of fused-ring (bicyclic) bond motifs is 1. The van der Waals surface area contributed by atoms with E-state index in [-0.39, 0.29) is 0 Å². The molecule has 1 aromatic heterocycles. The summed E-state index contributed by atoms with van der Waals surface area (Å²) in [6.45, 7) is 6.34. The number of nitrogens with zero attached hydrogens (tertiary/aromatic N) is 2. The van der Waals surface area contributed by atoms with Crippen LogP contribution >= 0.6 is 0 Å². The Kier molecular flexibility index (Phi) is 3.62. The molecule has 0 radical (unpaired) electrons. The highest BCUT2D eigenvalue weighted by Crippen LogP contribution is 2.35. The molecular formula is C17H23N3. The Balaban J connectivity index is 2.13. The number of pyridine rings is 1. The molecule has 2 aromatic rings. The number of hydrogen-bond acceptors (Lipinski definition) is 3. The number of anilines is 1. The number of rotatable bonds is 2. The molecule has 3 nitrogen and oxygen atoms in total. The van der Waals surface area contributed by atoms with Gasteiger partial charge in [-0.3, -0.25) is 4.98 Å². The minimum absolute atomic E-state index is 0.548. The molecule has 1 fully saturated rings. The standard InChI is InChI=1S/C17H23N3/c1-12-7-8-20(13(2)9-12)17-14(10-18)11-19-16-6-4-3-5-15(16)17/h3-6,11-13H,7-10,18H2,1-2H3. The fourth-order valence-corrected chi connectivity index (χ4v) is 3.40. The number of aromatic nitrogens is 1. The molecule has 1 aliphatic heterocycles. The van der Waals surface area contributed by atoms with Gasteiger partial charge in [-0.25, -0.2) is 0 Å². The molecule has 2 N–H and O–H groups in total. The van der Waals surface area contributed by atoms with E-state index < -0.39 is 0 Å². The zero-order chi connectivity index (χ0) is 14.1. The number of para-hydroxylation sites is 1. The lowest BCUT2D eigenvalue weighted by molar-refractivity contribution is 0.378. The largest absolute Gasteiger partial charge is 0.368 e. The van der Waals surface area contributed by atoms with Crippen molar-refractivity contribution in [1.29, 1.82) is 0 Å². The maximum absolute atomic E-state index is 5.95. The van der Waals surface area contributed by atoms with Crippen molar-refractivity contribution in [3.05, 3.63) is 36.0 Å². The van der Waals surface area contributed by atoms with E-state index in [0.29, 0.717) is 12.6 Å². The second-order valence-electron chi connectivity index (χ2n) is 6.03. The third-order valence-corrected chi connectivity index (χ3v) is 4.47. The zero-order valence-corrected chi connectivity index (χ0v) is 12.3. The molecule has 3 heteroatoms. The molecule has 0 amide bonds. The monoisotopic (exact) mass is 269 g/mol. The third kappa shape index (κ3) is 2.27. The van der Waals surface area contributed by atoms with Gasteiger partial charge in [0.2, 0.25) is 0 Å². The highest BCUT2D eigenvalue weighted by atomic mass is 15.2. The van der Waals surface area contributed by atoms with Crippen LogP contribution in [-0.2, 0) is 6.54 Å². The maximum Gasteiger partial charge on any atom is 0.0723 e. The molecule has 2 heterocycles. The van der Waals surface area contributed by atoms with Crippen LogP contribution in [0.1, 0.15) is 32.3 Å². The highest BCUT2D eigenvalue weighted by molar-refractivity contribution is 5.93. The van der Waals surface area contributed by atoms with Crippen molar-refractivity contribution in [3.8, 4) is 0 Å².